The van der Waals surface area contributed by atoms with Crippen molar-refractivity contribution in [3.8, 4) is 11.5 Å². The molecule has 5 nitrogen and oxygen atoms in total. The van der Waals surface area contributed by atoms with E-state index in [9.17, 15) is 4.79 Å². The standard InChI is InChI=1S/C22H23ClN2O3/c1-15-7-6-8-16(11-15)19(25-9-4-5-10-25)13-22(26)24-18-12-17(23)20(27-2)14-21(18)28-3/h4-12,14,19H,13H2,1-3H3,(H,24,26). The van der Waals surface area contributed by atoms with Crippen molar-refractivity contribution in [2.24, 2.45) is 0 Å². The number of aryl methyl sites for hydroxylation is 1. The van der Waals surface area contributed by atoms with Crippen molar-refractivity contribution < 1.29 is 14.3 Å². The molecule has 3 rings (SSSR count). The number of anilines is 1. The van der Waals surface area contributed by atoms with Gasteiger partial charge in [0, 0.05) is 18.5 Å². The van der Waals surface area contributed by atoms with Crippen molar-refractivity contribution in [3.05, 3.63) is 77.1 Å². The molecule has 2 aromatic carbocycles. The van der Waals surface area contributed by atoms with Crippen LogP contribution in [0, 0.1) is 6.92 Å². The maximum Gasteiger partial charge on any atom is 0.226 e. The number of carbonyl (C=O) groups is 1. The number of nitrogens with one attached hydrogen (secondary N) is 1. The normalized spacial score (nSPS) is 11.7. The number of rotatable bonds is 7. The van der Waals surface area contributed by atoms with Crippen LogP contribution in [-0.2, 0) is 4.79 Å². The summed E-state index contributed by atoms with van der Waals surface area (Å²) < 4.78 is 12.6. The zero-order chi connectivity index (χ0) is 20.1. The molecule has 0 fully saturated rings. The second kappa shape index (κ2) is 8.85. The molecule has 1 atom stereocenters. The summed E-state index contributed by atoms with van der Waals surface area (Å²) in [5.74, 6) is 0.837. The monoisotopic (exact) mass is 398 g/mol. The Bertz CT molecular complexity index is 954. The van der Waals surface area contributed by atoms with Crippen LogP contribution in [0.2, 0.25) is 5.02 Å². The van der Waals surface area contributed by atoms with Crippen molar-refractivity contribution >= 4 is 23.2 Å². The molecule has 0 saturated carbocycles. The summed E-state index contributed by atoms with van der Waals surface area (Å²) >= 11 is 6.21. The second-order valence-electron chi connectivity index (χ2n) is 6.50. The summed E-state index contributed by atoms with van der Waals surface area (Å²) in [6.07, 6.45) is 4.20. The molecule has 0 spiro atoms. The zero-order valence-electron chi connectivity index (χ0n) is 16.1. The summed E-state index contributed by atoms with van der Waals surface area (Å²) in [7, 11) is 3.07. The molecule has 146 valence electrons. The van der Waals surface area contributed by atoms with E-state index >= 15 is 0 Å². The molecule has 1 amide bonds. The molecule has 1 aromatic heterocycles. The Morgan fingerprint density at radius 3 is 2.43 bits per heavy atom. The van der Waals surface area contributed by atoms with E-state index in [1.54, 1.807) is 12.1 Å². The Labute approximate surface area is 169 Å². The van der Waals surface area contributed by atoms with Gasteiger partial charge in [-0.25, -0.2) is 0 Å². The third-order valence-corrected chi connectivity index (χ3v) is 4.84. The molecule has 3 aromatic rings. The third-order valence-electron chi connectivity index (χ3n) is 4.54. The highest BCUT2D eigenvalue weighted by Crippen LogP contribution is 2.36. The van der Waals surface area contributed by atoms with Gasteiger partial charge in [-0.2, -0.15) is 0 Å². The van der Waals surface area contributed by atoms with Crippen molar-refractivity contribution in [2.45, 2.75) is 19.4 Å². The van der Waals surface area contributed by atoms with Gasteiger partial charge < -0.3 is 19.4 Å². The molecule has 0 aliphatic rings. The fraction of sp³-hybridized carbons (Fsp3) is 0.227. The maximum absolute atomic E-state index is 12.9. The smallest absolute Gasteiger partial charge is 0.226 e. The average molecular weight is 399 g/mol. The lowest BCUT2D eigenvalue weighted by molar-refractivity contribution is -0.116. The van der Waals surface area contributed by atoms with Gasteiger partial charge in [0.1, 0.15) is 11.5 Å². The number of ether oxygens (including phenoxy) is 2. The lowest BCUT2D eigenvalue weighted by Crippen LogP contribution is -2.20. The van der Waals surface area contributed by atoms with Gasteiger partial charge in [0.15, 0.2) is 0 Å². The molecule has 0 aliphatic heterocycles. The fourth-order valence-electron chi connectivity index (χ4n) is 3.16. The minimum Gasteiger partial charge on any atom is -0.495 e. The van der Waals surface area contributed by atoms with Gasteiger partial charge in [-0.3, -0.25) is 4.79 Å². The van der Waals surface area contributed by atoms with Crippen LogP contribution < -0.4 is 14.8 Å². The number of methoxy groups -OCH3 is 2. The summed E-state index contributed by atoms with van der Waals surface area (Å²) in [4.78, 5) is 12.9. The molecule has 6 heteroatoms. The maximum atomic E-state index is 12.9. The number of aromatic nitrogens is 1. The molecular formula is C22H23ClN2O3. The lowest BCUT2D eigenvalue weighted by atomic mass is 10.0. The van der Waals surface area contributed by atoms with E-state index in [1.165, 1.54) is 14.2 Å². The van der Waals surface area contributed by atoms with Crippen LogP contribution in [0.1, 0.15) is 23.6 Å². The molecule has 0 aliphatic carbocycles. The fourth-order valence-corrected chi connectivity index (χ4v) is 3.40. The van der Waals surface area contributed by atoms with E-state index < -0.39 is 0 Å². The Morgan fingerprint density at radius 2 is 1.79 bits per heavy atom. The predicted molar refractivity (Wildman–Crippen MR) is 112 cm³/mol. The minimum atomic E-state index is -0.139. The number of amides is 1. The van der Waals surface area contributed by atoms with Crippen LogP contribution in [0.4, 0.5) is 5.69 Å². The molecule has 0 saturated heterocycles. The Kier molecular flexibility index (Phi) is 6.26. The van der Waals surface area contributed by atoms with Crippen LogP contribution in [0.5, 0.6) is 11.5 Å². The highest BCUT2D eigenvalue weighted by molar-refractivity contribution is 6.32. The second-order valence-corrected chi connectivity index (χ2v) is 6.91. The summed E-state index contributed by atoms with van der Waals surface area (Å²) in [5.41, 5.74) is 2.73. The van der Waals surface area contributed by atoms with E-state index in [4.69, 9.17) is 21.1 Å². The molecule has 0 bridgehead atoms. The lowest BCUT2D eigenvalue weighted by Gasteiger charge is -2.20. The highest BCUT2D eigenvalue weighted by atomic mass is 35.5. The van der Waals surface area contributed by atoms with Gasteiger partial charge in [0.25, 0.3) is 0 Å². The van der Waals surface area contributed by atoms with E-state index in [1.807, 2.05) is 54.2 Å². The van der Waals surface area contributed by atoms with Crippen LogP contribution in [0.25, 0.3) is 0 Å². The van der Waals surface area contributed by atoms with Crippen molar-refractivity contribution in [2.75, 3.05) is 19.5 Å². The first-order valence-corrected chi connectivity index (χ1v) is 9.30. The summed E-state index contributed by atoms with van der Waals surface area (Å²) in [5, 5.41) is 3.32. The molecule has 28 heavy (non-hydrogen) atoms. The Hall–Kier alpha value is -2.92. The largest absolute Gasteiger partial charge is 0.495 e. The topological polar surface area (TPSA) is 52.5 Å². The Morgan fingerprint density at radius 1 is 1.07 bits per heavy atom. The first-order chi connectivity index (χ1) is 13.5. The zero-order valence-corrected chi connectivity index (χ0v) is 16.9. The van der Waals surface area contributed by atoms with E-state index in [0.29, 0.717) is 22.2 Å². The van der Waals surface area contributed by atoms with E-state index in [2.05, 4.69) is 11.4 Å². The molecule has 1 unspecified atom stereocenters. The molecule has 0 radical (unpaired) electrons. The SMILES string of the molecule is COc1cc(OC)c(NC(=O)CC(c2cccc(C)c2)n2cccc2)cc1Cl. The third kappa shape index (κ3) is 4.49. The summed E-state index contributed by atoms with van der Waals surface area (Å²) in [6.45, 7) is 2.04. The van der Waals surface area contributed by atoms with Gasteiger partial charge in [-0.1, -0.05) is 41.4 Å². The van der Waals surface area contributed by atoms with E-state index in [0.717, 1.165) is 11.1 Å². The number of hydrogen-bond acceptors (Lipinski definition) is 3. The number of nitrogens with zero attached hydrogens (tertiary/aromatic N) is 1. The molecule has 1 N–H and O–H groups in total. The van der Waals surface area contributed by atoms with Gasteiger partial charge in [0.05, 0.1) is 37.4 Å². The quantitative estimate of drug-likeness (QED) is 0.603. The number of benzene rings is 2. The van der Waals surface area contributed by atoms with Crippen LogP contribution >= 0.6 is 11.6 Å². The predicted octanol–water partition coefficient (Wildman–Crippen LogP) is 5.09. The number of hydrogen-bond donors (Lipinski definition) is 1. The minimum absolute atomic E-state index is 0.116. The highest BCUT2D eigenvalue weighted by Gasteiger charge is 2.19. The Balaban J connectivity index is 1.84. The van der Waals surface area contributed by atoms with Crippen molar-refractivity contribution in [3.63, 3.8) is 0 Å². The first-order valence-electron chi connectivity index (χ1n) is 8.92. The summed E-state index contributed by atoms with van der Waals surface area (Å²) in [6, 6.07) is 15.3. The van der Waals surface area contributed by atoms with Gasteiger partial charge in [-0.05, 0) is 30.7 Å². The van der Waals surface area contributed by atoms with Crippen molar-refractivity contribution in [1.82, 2.24) is 4.57 Å². The first kappa shape index (κ1) is 19.8. The van der Waals surface area contributed by atoms with Crippen LogP contribution in [-0.4, -0.2) is 24.7 Å². The molecule has 1 heterocycles. The van der Waals surface area contributed by atoms with Crippen LogP contribution in [0.3, 0.4) is 0 Å². The number of halogens is 1. The van der Waals surface area contributed by atoms with Crippen molar-refractivity contribution in [1.29, 1.82) is 0 Å². The number of carbonyl (C=O) groups excluding carboxylic acids is 1. The van der Waals surface area contributed by atoms with Gasteiger partial charge in [0.2, 0.25) is 5.91 Å². The average Bonchev–Trinajstić information content (AvgIpc) is 3.21. The molecular weight excluding hydrogens is 376 g/mol. The van der Waals surface area contributed by atoms with Crippen LogP contribution in [0.15, 0.2) is 60.9 Å². The van der Waals surface area contributed by atoms with E-state index in [-0.39, 0.29) is 18.4 Å². The van der Waals surface area contributed by atoms with Gasteiger partial charge >= 0.3 is 0 Å². The van der Waals surface area contributed by atoms with Gasteiger partial charge in [-0.15, -0.1) is 0 Å².